The van der Waals surface area contributed by atoms with E-state index in [1.807, 2.05) is 56.7 Å². The number of carbonyl (C=O) groups is 1. The largest absolute Gasteiger partial charge is 0.347 e. The minimum Gasteiger partial charge on any atom is -0.347 e. The maximum atomic E-state index is 12.8. The van der Waals surface area contributed by atoms with Crippen molar-refractivity contribution in [2.75, 3.05) is 0 Å². The van der Waals surface area contributed by atoms with Crippen LogP contribution in [0.4, 0.5) is 0 Å². The Hall–Kier alpha value is -3.48. The zero-order valence-corrected chi connectivity index (χ0v) is 14.5. The minimum absolute atomic E-state index is 0.165. The number of nitrogens with zero attached hydrogens (tertiary/aromatic N) is 5. The highest BCUT2D eigenvalue weighted by atomic mass is 16.1. The molecule has 0 aliphatic carbocycles. The van der Waals surface area contributed by atoms with Gasteiger partial charge in [0.05, 0.1) is 17.6 Å². The number of amides is 1. The van der Waals surface area contributed by atoms with Crippen LogP contribution in [0.1, 0.15) is 21.7 Å². The van der Waals surface area contributed by atoms with Gasteiger partial charge in [0, 0.05) is 37.7 Å². The summed E-state index contributed by atoms with van der Waals surface area (Å²) in [6.07, 6.45) is 7.25. The van der Waals surface area contributed by atoms with Gasteiger partial charge in [-0.05, 0) is 30.7 Å². The van der Waals surface area contributed by atoms with Gasteiger partial charge in [-0.1, -0.05) is 12.1 Å². The standard InChI is InChI=1S/C19H18N6O/c1-13-18(25-9-4-3-7-16(25)23-13)19(26)21-10-14-6-5-8-20-17(14)15-11-22-24(2)12-15/h3-9,11-12H,10H2,1-2H3,(H,21,26). The summed E-state index contributed by atoms with van der Waals surface area (Å²) in [6.45, 7) is 2.21. The first-order valence-corrected chi connectivity index (χ1v) is 8.28. The molecule has 0 spiro atoms. The lowest BCUT2D eigenvalue weighted by Crippen LogP contribution is -2.25. The van der Waals surface area contributed by atoms with Crippen molar-refractivity contribution in [1.82, 2.24) is 29.5 Å². The van der Waals surface area contributed by atoms with Crippen LogP contribution in [-0.2, 0) is 13.6 Å². The quantitative estimate of drug-likeness (QED) is 0.615. The second-order valence-electron chi connectivity index (χ2n) is 6.07. The summed E-state index contributed by atoms with van der Waals surface area (Å²) in [6, 6.07) is 9.48. The second kappa shape index (κ2) is 6.44. The van der Waals surface area contributed by atoms with Crippen LogP contribution in [0.15, 0.2) is 55.1 Å². The third-order valence-electron chi connectivity index (χ3n) is 4.23. The lowest BCUT2D eigenvalue weighted by Gasteiger charge is -2.09. The Labute approximate surface area is 150 Å². The molecule has 1 N–H and O–H groups in total. The number of aromatic nitrogens is 5. The summed E-state index contributed by atoms with van der Waals surface area (Å²) in [7, 11) is 1.86. The molecule has 4 rings (SSSR count). The molecule has 0 aromatic carbocycles. The van der Waals surface area contributed by atoms with Crippen molar-refractivity contribution in [3.8, 4) is 11.3 Å². The molecule has 4 aromatic heterocycles. The van der Waals surface area contributed by atoms with Crippen LogP contribution in [-0.4, -0.2) is 30.1 Å². The van der Waals surface area contributed by atoms with Gasteiger partial charge >= 0.3 is 0 Å². The van der Waals surface area contributed by atoms with Gasteiger partial charge in [-0.15, -0.1) is 0 Å². The van der Waals surface area contributed by atoms with Gasteiger partial charge in [0.15, 0.2) is 0 Å². The molecule has 0 unspecified atom stereocenters. The van der Waals surface area contributed by atoms with E-state index in [-0.39, 0.29) is 5.91 Å². The summed E-state index contributed by atoms with van der Waals surface area (Å²) in [5.74, 6) is -0.165. The number of rotatable bonds is 4. The van der Waals surface area contributed by atoms with Crippen molar-refractivity contribution < 1.29 is 4.79 Å². The van der Waals surface area contributed by atoms with Crippen LogP contribution in [0.25, 0.3) is 16.9 Å². The van der Waals surface area contributed by atoms with Crippen LogP contribution in [0, 0.1) is 6.92 Å². The highest BCUT2D eigenvalue weighted by Gasteiger charge is 2.17. The number of pyridine rings is 2. The molecule has 4 aromatic rings. The Balaban J connectivity index is 1.60. The lowest BCUT2D eigenvalue weighted by molar-refractivity contribution is 0.0944. The molecule has 7 heteroatoms. The summed E-state index contributed by atoms with van der Waals surface area (Å²) in [4.78, 5) is 21.6. The Morgan fingerprint density at radius 3 is 2.92 bits per heavy atom. The average Bonchev–Trinajstić information content (AvgIpc) is 3.22. The molecule has 4 heterocycles. The van der Waals surface area contributed by atoms with Crippen LogP contribution in [0.3, 0.4) is 0 Å². The molecule has 0 saturated carbocycles. The topological polar surface area (TPSA) is 77.1 Å². The first-order valence-electron chi connectivity index (χ1n) is 8.28. The molecule has 1 amide bonds. The molecule has 0 aliphatic rings. The average molecular weight is 346 g/mol. The van der Waals surface area contributed by atoms with Crippen LogP contribution in [0.2, 0.25) is 0 Å². The molecule has 0 atom stereocenters. The molecule has 0 bridgehead atoms. The van der Waals surface area contributed by atoms with Crippen molar-refractivity contribution in [1.29, 1.82) is 0 Å². The van der Waals surface area contributed by atoms with E-state index in [4.69, 9.17) is 0 Å². The predicted molar refractivity (Wildman–Crippen MR) is 97.5 cm³/mol. The van der Waals surface area contributed by atoms with Gasteiger partial charge < -0.3 is 5.32 Å². The fourth-order valence-electron chi connectivity index (χ4n) is 3.03. The summed E-state index contributed by atoms with van der Waals surface area (Å²) in [5, 5.41) is 7.18. The number of aryl methyl sites for hydroxylation is 2. The normalized spacial score (nSPS) is 11.0. The van der Waals surface area contributed by atoms with Crippen LogP contribution in [0.5, 0.6) is 0 Å². The summed E-state index contributed by atoms with van der Waals surface area (Å²) >= 11 is 0. The Morgan fingerprint density at radius 2 is 2.12 bits per heavy atom. The zero-order chi connectivity index (χ0) is 18.1. The molecule has 130 valence electrons. The summed E-state index contributed by atoms with van der Waals surface area (Å²) < 4.78 is 3.53. The minimum atomic E-state index is -0.165. The van der Waals surface area contributed by atoms with Crippen molar-refractivity contribution in [2.24, 2.45) is 7.05 Å². The fraction of sp³-hybridized carbons (Fsp3) is 0.158. The second-order valence-corrected chi connectivity index (χ2v) is 6.07. The Kier molecular flexibility index (Phi) is 3.96. The first kappa shape index (κ1) is 16.0. The Morgan fingerprint density at radius 1 is 1.23 bits per heavy atom. The molecule has 7 nitrogen and oxygen atoms in total. The predicted octanol–water partition coefficient (Wildman–Crippen LogP) is 2.37. The smallest absolute Gasteiger partial charge is 0.270 e. The molecule has 0 saturated heterocycles. The monoisotopic (exact) mass is 346 g/mol. The van der Waals surface area contributed by atoms with E-state index < -0.39 is 0 Å². The van der Waals surface area contributed by atoms with E-state index in [0.717, 1.165) is 22.5 Å². The summed E-state index contributed by atoms with van der Waals surface area (Å²) in [5.41, 5.74) is 4.67. The number of hydrogen-bond donors (Lipinski definition) is 1. The maximum absolute atomic E-state index is 12.8. The van der Waals surface area contributed by atoms with Gasteiger partial charge in [-0.2, -0.15) is 5.10 Å². The van der Waals surface area contributed by atoms with Gasteiger partial charge in [0.25, 0.3) is 5.91 Å². The molecular weight excluding hydrogens is 328 g/mol. The zero-order valence-electron chi connectivity index (χ0n) is 14.5. The van der Waals surface area contributed by atoms with E-state index in [1.165, 1.54) is 0 Å². The number of nitrogens with one attached hydrogen (secondary N) is 1. The highest BCUT2D eigenvalue weighted by molar-refractivity contribution is 5.94. The molecule has 0 fully saturated rings. The van der Waals surface area contributed by atoms with Gasteiger partial charge in [-0.25, -0.2) is 4.98 Å². The van der Waals surface area contributed by atoms with E-state index in [1.54, 1.807) is 21.5 Å². The van der Waals surface area contributed by atoms with Crippen molar-refractivity contribution in [3.05, 3.63) is 72.1 Å². The fourth-order valence-corrected chi connectivity index (χ4v) is 3.03. The van der Waals surface area contributed by atoms with E-state index in [0.29, 0.717) is 17.9 Å². The van der Waals surface area contributed by atoms with Crippen molar-refractivity contribution in [3.63, 3.8) is 0 Å². The molecule has 0 radical (unpaired) electrons. The number of imidazole rings is 1. The van der Waals surface area contributed by atoms with Gasteiger partial charge in [0.2, 0.25) is 0 Å². The number of fused-ring (bicyclic) bond motifs is 1. The van der Waals surface area contributed by atoms with Gasteiger partial charge in [-0.3, -0.25) is 18.9 Å². The van der Waals surface area contributed by atoms with Gasteiger partial charge in [0.1, 0.15) is 11.3 Å². The van der Waals surface area contributed by atoms with Crippen LogP contribution < -0.4 is 5.32 Å². The lowest BCUT2D eigenvalue weighted by atomic mass is 10.1. The molecule has 0 aliphatic heterocycles. The highest BCUT2D eigenvalue weighted by Crippen LogP contribution is 2.20. The van der Waals surface area contributed by atoms with E-state index in [9.17, 15) is 4.79 Å². The Bertz CT molecular complexity index is 1090. The number of carbonyl (C=O) groups excluding carboxylic acids is 1. The number of hydrogen-bond acceptors (Lipinski definition) is 4. The van der Waals surface area contributed by atoms with Crippen LogP contribution >= 0.6 is 0 Å². The van der Waals surface area contributed by atoms with E-state index in [2.05, 4.69) is 20.4 Å². The van der Waals surface area contributed by atoms with E-state index >= 15 is 0 Å². The molecular formula is C19H18N6O. The van der Waals surface area contributed by atoms with Crippen molar-refractivity contribution >= 4 is 11.6 Å². The SMILES string of the molecule is Cc1nc2ccccn2c1C(=O)NCc1cccnc1-c1cnn(C)c1. The third-order valence-corrected chi connectivity index (χ3v) is 4.23. The third kappa shape index (κ3) is 2.83. The molecule has 26 heavy (non-hydrogen) atoms. The first-order chi connectivity index (χ1) is 12.6. The maximum Gasteiger partial charge on any atom is 0.270 e. The van der Waals surface area contributed by atoms with Crippen molar-refractivity contribution in [2.45, 2.75) is 13.5 Å².